The van der Waals surface area contributed by atoms with E-state index in [-0.39, 0.29) is 0 Å². The predicted molar refractivity (Wildman–Crippen MR) is 121 cm³/mol. The molecule has 0 spiro atoms. The summed E-state index contributed by atoms with van der Waals surface area (Å²) < 4.78 is 0. The molecule has 0 nitrogen and oxygen atoms in total. The Bertz CT molecular complexity index is 549. The van der Waals surface area contributed by atoms with E-state index in [2.05, 4.69) is 71.7 Å². The van der Waals surface area contributed by atoms with Crippen molar-refractivity contribution in [3.8, 4) is 0 Å². The molecule has 2 heteroatoms. The fraction of sp³-hybridized carbons (Fsp3) is 0.409. The van der Waals surface area contributed by atoms with E-state index in [0.29, 0.717) is 5.92 Å². The first-order chi connectivity index (χ1) is 11.4. The Balaban J connectivity index is 0. The third kappa shape index (κ3) is 9.77. The van der Waals surface area contributed by atoms with Gasteiger partial charge in [0.15, 0.2) is 0 Å². The summed E-state index contributed by atoms with van der Waals surface area (Å²) in [5.41, 5.74) is 4.91. The Morgan fingerprint density at radius 2 is 1.79 bits per heavy atom. The van der Waals surface area contributed by atoms with Gasteiger partial charge in [-0.05, 0) is 13.8 Å². The molecule has 0 fully saturated rings. The Hall–Kier alpha value is -1.28. The molecule has 0 aliphatic rings. The molecule has 0 saturated heterocycles. The summed E-state index contributed by atoms with van der Waals surface area (Å²) in [6.45, 7) is 24.4. The number of rotatable bonds is 5. The molecule has 0 saturated carbocycles. The molecule has 1 atom stereocenters. The average molecular weight is 342 g/mol. The van der Waals surface area contributed by atoms with E-state index in [4.69, 9.17) is 0 Å². The van der Waals surface area contributed by atoms with Crippen molar-refractivity contribution >= 4 is 35.4 Å². The third-order valence-corrected chi connectivity index (χ3v) is 3.87. The monoisotopic (exact) mass is 342 g/mol. The Morgan fingerprint density at radius 3 is 2.17 bits per heavy atom. The largest absolute Gasteiger partial charge is 0.0683 e. The summed E-state index contributed by atoms with van der Waals surface area (Å²) in [7, 11) is 0. The van der Waals surface area contributed by atoms with Crippen molar-refractivity contribution in [3.63, 3.8) is 0 Å². The van der Waals surface area contributed by atoms with Gasteiger partial charge in [0.05, 0.1) is 0 Å². The summed E-state index contributed by atoms with van der Waals surface area (Å²) in [5, 5.41) is 0. The second-order valence-electron chi connectivity index (χ2n) is 5.30. The van der Waals surface area contributed by atoms with E-state index in [1.165, 1.54) is 16.5 Å². The van der Waals surface area contributed by atoms with Crippen molar-refractivity contribution in [2.24, 2.45) is 5.92 Å². The summed E-state index contributed by atoms with van der Waals surface area (Å²) in [6, 6.07) is 6.49. The van der Waals surface area contributed by atoms with E-state index in [9.17, 15) is 0 Å². The van der Waals surface area contributed by atoms with Crippen LogP contribution < -0.4 is 5.46 Å². The normalized spacial score (nSPS) is 11.4. The Morgan fingerprint density at radius 1 is 1.25 bits per heavy atom. The van der Waals surface area contributed by atoms with Crippen LogP contribution in [0.4, 0.5) is 0 Å². The van der Waals surface area contributed by atoms with Crippen LogP contribution in [0.5, 0.6) is 0 Å². The van der Waals surface area contributed by atoms with Crippen LogP contribution in [-0.2, 0) is 6.42 Å². The van der Waals surface area contributed by atoms with Crippen LogP contribution in [-0.4, -0.2) is 12.4 Å². The van der Waals surface area contributed by atoms with Crippen LogP contribution >= 0.6 is 12.6 Å². The van der Waals surface area contributed by atoms with Crippen molar-refractivity contribution < 1.29 is 0 Å². The first-order valence-electron chi connectivity index (χ1n) is 8.80. The smallest absolute Gasteiger partial charge is 0.0683 e. The molecular formula is C22H35BS. The van der Waals surface area contributed by atoms with E-state index >= 15 is 0 Å². The van der Waals surface area contributed by atoms with Gasteiger partial charge in [-0.25, -0.2) is 0 Å². The van der Waals surface area contributed by atoms with Gasteiger partial charge in [-0.15, -0.1) is 0 Å². The van der Waals surface area contributed by atoms with Gasteiger partial charge in [0.2, 0.25) is 0 Å². The standard InChI is InChI=1S/C16H21BS.C4H8.C2H6/c1-6-11(3)12(4)17-16-9-8-14(7-2)10-15(16)13(5)18;1-3-4-2;1-2/h6,8-11,18H,1,5,7H2,2-4H3;3-4H,1-2H3;1-2H3/b;4-3-;. The third-order valence-electron chi connectivity index (χ3n) is 3.63. The minimum Gasteiger partial charge on any atom is -0.0683 e. The number of benzene rings is 1. The van der Waals surface area contributed by atoms with Gasteiger partial charge in [-0.2, -0.15) is 0 Å². The van der Waals surface area contributed by atoms with Gasteiger partial charge in [-0.3, -0.25) is 0 Å². The molecule has 0 N–H and O–H groups in total. The molecule has 0 aliphatic heterocycles. The minimum atomic E-state index is 0.386. The van der Waals surface area contributed by atoms with Crippen molar-refractivity contribution in [3.05, 3.63) is 60.7 Å². The van der Waals surface area contributed by atoms with Crippen molar-refractivity contribution in [2.45, 2.75) is 54.9 Å². The SMILES string of the molecule is C/C=C\C.C=CC(C)C(C)=Bc1ccc(CC)cc1C(=C)S.CC. The van der Waals surface area contributed by atoms with Crippen LogP contribution in [0, 0.1) is 5.92 Å². The molecule has 1 aromatic rings. The quantitative estimate of drug-likeness (QED) is 0.373. The van der Waals surface area contributed by atoms with Crippen LogP contribution in [0.3, 0.4) is 0 Å². The molecule has 0 heterocycles. The van der Waals surface area contributed by atoms with E-state index in [0.717, 1.165) is 16.9 Å². The van der Waals surface area contributed by atoms with E-state index < -0.39 is 0 Å². The number of allylic oxidation sites excluding steroid dienone is 3. The van der Waals surface area contributed by atoms with Gasteiger partial charge in [0.1, 0.15) is 0 Å². The Kier molecular flexibility index (Phi) is 15.9. The molecule has 0 aliphatic carbocycles. The molecule has 1 aromatic carbocycles. The molecule has 1 rings (SSSR count). The molecule has 0 bridgehead atoms. The zero-order valence-corrected chi connectivity index (χ0v) is 17.6. The molecular weight excluding hydrogens is 307 g/mol. The van der Waals surface area contributed by atoms with Gasteiger partial charge in [0.25, 0.3) is 0 Å². The van der Waals surface area contributed by atoms with Crippen LogP contribution in [0.2, 0.25) is 0 Å². The van der Waals surface area contributed by atoms with Crippen molar-refractivity contribution in [2.75, 3.05) is 0 Å². The predicted octanol–water partition coefficient (Wildman–Crippen LogP) is 6.10. The zero-order chi connectivity index (χ0) is 19.1. The maximum Gasteiger partial charge on any atom is -0.0683 e. The number of aryl methyl sites for hydroxylation is 1. The van der Waals surface area contributed by atoms with Crippen molar-refractivity contribution in [1.29, 1.82) is 0 Å². The number of hydrogen-bond acceptors (Lipinski definition) is 1. The first-order valence-corrected chi connectivity index (χ1v) is 9.25. The number of thiol groups is 1. The second-order valence-corrected chi connectivity index (χ2v) is 5.84. The first kappa shape index (κ1) is 25.0. The average Bonchev–Trinajstić information content (AvgIpc) is 2.62. The van der Waals surface area contributed by atoms with Gasteiger partial charge >= 0.3 is 117 Å². The molecule has 0 amide bonds. The summed E-state index contributed by atoms with van der Waals surface area (Å²) >= 11 is 4.40. The minimum absolute atomic E-state index is 0.386. The molecule has 132 valence electrons. The fourth-order valence-electron chi connectivity index (χ4n) is 1.76. The fourth-order valence-corrected chi connectivity index (χ4v) is 1.96. The van der Waals surface area contributed by atoms with Gasteiger partial charge in [-0.1, -0.05) is 26.0 Å². The summed E-state index contributed by atoms with van der Waals surface area (Å²) in [6.07, 6.45) is 6.99. The molecule has 24 heavy (non-hydrogen) atoms. The topological polar surface area (TPSA) is 0 Å². The molecule has 0 radical (unpaired) electrons. The van der Waals surface area contributed by atoms with Gasteiger partial charge < -0.3 is 0 Å². The summed E-state index contributed by atoms with van der Waals surface area (Å²) in [5.74, 6) is 0.386. The number of hydrogen-bond donors (Lipinski definition) is 1. The summed E-state index contributed by atoms with van der Waals surface area (Å²) in [4.78, 5) is 0.815. The zero-order valence-electron chi connectivity index (χ0n) is 16.7. The maximum absolute atomic E-state index is 4.40. The van der Waals surface area contributed by atoms with Crippen molar-refractivity contribution in [1.82, 2.24) is 0 Å². The van der Waals surface area contributed by atoms with Crippen LogP contribution in [0.15, 0.2) is 49.6 Å². The van der Waals surface area contributed by atoms with Gasteiger partial charge in [0, 0.05) is 0 Å². The molecule has 0 aromatic heterocycles. The second kappa shape index (κ2) is 15.3. The van der Waals surface area contributed by atoms with E-state index in [1.54, 1.807) is 0 Å². The van der Waals surface area contributed by atoms with Crippen LogP contribution in [0.25, 0.3) is 4.91 Å². The maximum atomic E-state index is 4.40. The molecule has 1 unspecified atom stereocenters. The van der Waals surface area contributed by atoms with Crippen LogP contribution in [0.1, 0.15) is 59.6 Å². The van der Waals surface area contributed by atoms with E-state index in [1.807, 2.05) is 45.9 Å². The Labute approximate surface area is 157 Å².